The molecule has 0 fully saturated rings. The standard InChI is InChI=1S/3HI.V.HXe/h3*1H;;1H/q;;;+3;/p-3. The topological polar surface area (TPSA) is 0 Å². The fourth-order valence-electron chi connectivity index (χ4n) is 0. The molecular formula is HI3VXe. The van der Waals surface area contributed by atoms with Gasteiger partial charge < -0.3 is 0 Å². The van der Waals surface area contributed by atoms with E-state index in [1.165, 1.54) is 0 Å². The van der Waals surface area contributed by atoms with E-state index in [0.29, 0.717) is 0 Å². The molecule has 0 amide bonds. The van der Waals surface area contributed by atoms with E-state index in [1.807, 2.05) is 0 Å². The zero-order valence-corrected chi connectivity index (χ0v) is 12.0. The maximum atomic E-state index is 2.51. The molecule has 0 saturated heterocycles. The molecule has 0 rings (SSSR count). The van der Waals surface area contributed by atoms with Gasteiger partial charge in [-0.1, -0.05) is 0 Å². The van der Waals surface area contributed by atoms with Crippen molar-refractivity contribution in [2.24, 2.45) is 0 Å². The Bertz CT molecular complexity index is 22.4. The van der Waals surface area contributed by atoms with E-state index in [-0.39, 0.29) is 0 Å². The summed E-state index contributed by atoms with van der Waals surface area (Å²) in [6.45, 7) is 0. The van der Waals surface area contributed by atoms with Crippen molar-refractivity contribution in [3.8, 4) is 0 Å². The Labute approximate surface area is 93.1 Å². The van der Waals surface area contributed by atoms with Crippen molar-refractivity contribution in [2.75, 3.05) is 0 Å². The molecule has 0 nitrogen and oxygen atoms in total. The third-order valence-electron chi connectivity index (χ3n) is 0. The first-order valence-corrected chi connectivity index (χ1v) is 18.7. The van der Waals surface area contributed by atoms with Crippen LogP contribution in [0.25, 0.3) is 0 Å². The molecule has 5 heavy (non-hydrogen) atoms. The predicted octanol–water partition coefficient (Wildman–Crippen LogP) is 2.39. The summed E-state index contributed by atoms with van der Waals surface area (Å²) >= 11 is 10.0. The average Bonchev–Trinajstić information content (AvgIpc) is 0.722. The van der Waals surface area contributed by atoms with E-state index < -0.39 is -5.41 Å². The van der Waals surface area contributed by atoms with Crippen LogP contribution in [0, 0.1) is 42.5 Å². The first-order valence-electron chi connectivity index (χ1n) is 0.676. The van der Waals surface area contributed by atoms with Gasteiger partial charge in [0.1, 0.15) is 0 Å². The van der Waals surface area contributed by atoms with Gasteiger partial charge in [-0.2, -0.15) is 0 Å². The molecular weight excluding hydrogens is 563 g/mol. The molecule has 0 aromatic carbocycles. The zero-order valence-electron chi connectivity index (χ0n) is 1.96. The second-order valence-corrected chi connectivity index (χ2v) is 71.1. The number of rotatable bonds is 0. The van der Waals surface area contributed by atoms with Crippen LogP contribution >= 0.6 is 59.9 Å². The Kier molecular flexibility index (Phi) is 7.86. The fourth-order valence-corrected chi connectivity index (χ4v) is 0. The second kappa shape index (κ2) is 4.21. The van der Waals surface area contributed by atoms with Gasteiger partial charge in [-0.05, 0) is 0 Å². The third kappa shape index (κ3) is 17.8. The normalized spacial score (nSPS) is 12.2. The van der Waals surface area contributed by atoms with Gasteiger partial charge in [0.2, 0.25) is 0 Å². The second-order valence-electron chi connectivity index (χ2n) is 0.383. The fraction of sp³-hybridized carbons (Fsp3) is 0. The molecule has 0 atom stereocenters. The van der Waals surface area contributed by atoms with Gasteiger partial charge in [-0.15, -0.1) is 0 Å². The molecule has 0 radical (unpaired) electrons. The summed E-state index contributed by atoms with van der Waals surface area (Å²) in [7, 11) is 0. The van der Waals surface area contributed by atoms with Crippen LogP contribution in [0.1, 0.15) is 0 Å². The molecule has 0 N–H and O–H groups in total. The Hall–Kier alpha value is 4.35. The first kappa shape index (κ1) is 9.35. The van der Waals surface area contributed by atoms with Crippen molar-refractivity contribution in [1.82, 2.24) is 0 Å². The van der Waals surface area contributed by atoms with E-state index in [1.54, 1.807) is 0 Å². The summed E-state index contributed by atoms with van der Waals surface area (Å²) in [4.78, 5) is 0. The van der Waals surface area contributed by atoms with Crippen LogP contribution in [0.15, 0.2) is 0 Å². The molecule has 5 heteroatoms. The molecule has 0 aliphatic carbocycles. The van der Waals surface area contributed by atoms with Gasteiger partial charge >= 0.3 is 97.0 Å². The number of halogens is 3. The van der Waals surface area contributed by atoms with Crippen LogP contribution in [0.2, 0.25) is 0 Å². The van der Waals surface area contributed by atoms with Crippen LogP contribution < -0.4 is 0 Å². The van der Waals surface area contributed by atoms with Crippen LogP contribution in [0.3, 0.4) is 0 Å². The van der Waals surface area contributed by atoms with Crippen molar-refractivity contribution in [3.05, 3.63) is 0 Å². The number of hydrogen-bond acceptors (Lipinski definition) is 0. The Morgan fingerprint density at radius 1 is 1.20 bits per heavy atom. The molecule has 0 aliphatic heterocycles. The maximum absolute atomic E-state index is 2.51. The summed E-state index contributed by atoms with van der Waals surface area (Å²) < 4.78 is -0.995. The van der Waals surface area contributed by atoms with Gasteiger partial charge in [0.15, 0.2) is 0 Å². The van der Waals surface area contributed by atoms with Gasteiger partial charge in [0, 0.05) is 0 Å². The van der Waals surface area contributed by atoms with Crippen LogP contribution in [0.5, 0.6) is 0 Å². The third-order valence-corrected chi connectivity index (χ3v) is 0. The quantitative estimate of drug-likeness (QED) is 0.397. The first-order chi connectivity index (χ1) is 2.00. The number of hydrogen-bond donors (Lipinski definition) is 0. The summed E-state index contributed by atoms with van der Waals surface area (Å²) in [5, 5.41) is 0. The molecule has 35 valence electrons. The van der Waals surface area contributed by atoms with Crippen molar-refractivity contribution in [2.45, 2.75) is 0 Å². The van der Waals surface area contributed by atoms with Gasteiger partial charge in [0.05, 0.1) is 0 Å². The Morgan fingerprint density at radius 3 is 1.20 bits per heavy atom. The van der Waals surface area contributed by atoms with Gasteiger partial charge in [-0.3, -0.25) is 0 Å². The predicted molar refractivity (Wildman–Crippen MR) is 43.5 cm³/mol. The van der Waals surface area contributed by atoms with Crippen molar-refractivity contribution >= 4 is 59.9 Å². The molecule has 0 heterocycles. The SMILES string of the molecule is [I][V]([I])([I])[XeH]. The minimum absolute atomic E-state index is 0.995. The van der Waals surface area contributed by atoms with Crippen molar-refractivity contribution in [3.63, 3.8) is 0 Å². The minimum atomic E-state index is -0.995. The van der Waals surface area contributed by atoms with E-state index in [2.05, 4.69) is 102 Å². The van der Waals surface area contributed by atoms with E-state index >= 15 is 0 Å². The molecule has 0 aromatic heterocycles. The van der Waals surface area contributed by atoms with Crippen LogP contribution in [-0.4, -0.2) is 0 Å². The van der Waals surface area contributed by atoms with Crippen LogP contribution in [0.4, 0.5) is 0 Å². The van der Waals surface area contributed by atoms with Crippen molar-refractivity contribution in [1.29, 1.82) is 0 Å². The molecule has 0 spiro atoms. The molecule has 0 aliphatic rings. The Morgan fingerprint density at radius 2 is 1.20 bits per heavy atom. The molecule has 0 aromatic rings. The van der Waals surface area contributed by atoms with Gasteiger partial charge in [-0.25, -0.2) is 0 Å². The monoisotopic (exact) mass is 565 g/mol. The summed E-state index contributed by atoms with van der Waals surface area (Å²) in [5.41, 5.74) is 0. The van der Waals surface area contributed by atoms with E-state index in [0.717, 1.165) is 0 Å². The van der Waals surface area contributed by atoms with E-state index in [4.69, 9.17) is 0 Å². The zero-order chi connectivity index (χ0) is 4.50. The van der Waals surface area contributed by atoms with Gasteiger partial charge in [0.25, 0.3) is 0 Å². The summed E-state index contributed by atoms with van der Waals surface area (Å²) in [5.74, 6) is 0. The molecule has 0 unspecified atom stereocenters. The summed E-state index contributed by atoms with van der Waals surface area (Å²) in [6.07, 6.45) is 0. The summed E-state index contributed by atoms with van der Waals surface area (Å²) in [6, 6.07) is 0. The van der Waals surface area contributed by atoms with Crippen molar-refractivity contribution < 1.29 is 37.1 Å². The van der Waals surface area contributed by atoms with E-state index in [9.17, 15) is 0 Å². The Balaban J connectivity index is 3.02. The molecule has 0 saturated carbocycles. The average molecular weight is 564 g/mol. The van der Waals surface area contributed by atoms with Crippen LogP contribution in [-0.2, 0) is -5.41 Å². The molecule has 0 bridgehead atoms.